The Morgan fingerprint density at radius 3 is 3.00 bits per heavy atom. The number of likely N-dealkylation sites (tertiary alicyclic amines) is 1. The Labute approximate surface area is 78.3 Å². The van der Waals surface area contributed by atoms with Gasteiger partial charge in [0.1, 0.15) is 0 Å². The Kier molecular flexibility index (Phi) is 3.73. The SMILES string of the molecule is CCCNC(=O)N1CCCC(=O)C1. The number of hydrogen-bond donors (Lipinski definition) is 1. The molecule has 4 heteroatoms. The molecule has 1 fully saturated rings. The largest absolute Gasteiger partial charge is 0.338 e. The summed E-state index contributed by atoms with van der Waals surface area (Å²) in [5.74, 6) is 0.165. The van der Waals surface area contributed by atoms with E-state index in [0.29, 0.717) is 19.5 Å². The number of rotatable bonds is 2. The number of urea groups is 1. The normalized spacial score (nSPS) is 17.3. The number of piperidine rings is 1. The second-order valence-corrected chi connectivity index (χ2v) is 3.30. The number of hydrogen-bond acceptors (Lipinski definition) is 2. The molecule has 0 aliphatic carbocycles. The molecule has 1 rings (SSSR count). The number of amides is 2. The molecule has 13 heavy (non-hydrogen) atoms. The fraction of sp³-hybridized carbons (Fsp3) is 0.778. The van der Waals surface area contributed by atoms with E-state index in [1.54, 1.807) is 4.90 Å². The maximum atomic E-state index is 11.4. The van der Waals surface area contributed by atoms with Crippen LogP contribution in [0, 0.1) is 0 Å². The molecule has 74 valence electrons. The van der Waals surface area contributed by atoms with Crippen molar-refractivity contribution < 1.29 is 9.59 Å². The first kappa shape index (κ1) is 10.0. The molecule has 1 N–H and O–H groups in total. The highest BCUT2D eigenvalue weighted by Gasteiger charge is 2.20. The van der Waals surface area contributed by atoms with E-state index in [1.165, 1.54) is 0 Å². The van der Waals surface area contributed by atoms with Crippen molar-refractivity contribution in [3.8, 4) is 0 Å². The molecule has 0 atom stereocenters. The van der Waals surface area contributed by atoms with Gasteiger partial charge in [-0.2, -0.15) is 0 Å². The molecule has 0 aromatic carbocycles. The molecular formula is C9H16N2O2. The quantitative estimate of drug-likeness (QED) is 0.689. The zero-order valence-corrected chi connectivity index (χ0v) is 8.01. The predicted octanol–water partition coefficient (Wildman–Crippen LogP) is 0.771. The third-order valence-electron chi connectivity index (χ3n) is 2.06. The molecule has 1 saturated heterocycles. The number of nitrogens with one attached hydrogen (secondary N) is 1. The Balaban J connectivity index is 2.32. The summed E-state index contributed by atoms with van der Waals surface area (Å²) in [7, 11) is 0. The van der Waals surface area contributed by atoms with Crippen molar-refractivity contribution in [2.75, 3.05) is 19.6 Å². The lowest BCUT2D eigenvalue weighted by Gasteiger charge is -2.25. The van der Waals surface area contributed by atoms with Gasteiger partial charge in [0.05, 0.1) is 6.54 Å². The van der Waals surface area contributed by atoms with Crippen molar-refractivity contribution in [2.24, 2.45) is 0 Å². The van der Waals surface area contributed by atoms with Gasteiger partial charge in [-0.1, -0.05) is 6.92 Å². The third-order valence-corrected chi connectivity index (χ3v) is 2.06. The second-order valence-electron chi connectivity index (χ2n) is 3.30. The van der Waals surface area contributed by atoms with Gasteiger partial charge in [-0.05, 0) is 12.8 Å². The first-order valence-corrected chi connectivity index (χ1v) is 4.78. The highest BCUT2D eigenvalue weighted by Crippen LogP contribution is 2.05. The number of carbonyl (C=O) groups excluding carboxylic acids is 2. The first-order chi connectivity index (χ1) is 6.24. The van der Waals surface area contributed by atoms with Gasteiger partial charge in [0.25, 0.3) is 0 Å². The fourth-order valence-corrected chi connectivity index (χ4v) is 1.36. The van der Waals surface area contributed by atoms with E-state index in [2.05, 4.69) is 5.32 Å². The molecule has 4 nitrogen and oxygen atoms in total. The lowest BCUT2D eigenvalue weighted by molar-refractivity contribution is -0.121. The minimum atomic E-state index is -0.102. The molecule has 2 amide bonds. The minimum Gasteiger partial charge on any atom is -0.338 e. The van der Waals surface area contributed by atoms with E-state index in [1.807, 2.05) is 6.92 Å². The summed E-state index contributed by atoms with van der Waals surface area (Å²) in [6.07, 6.45) is 2.35. The van der Waals surface area contributed by atoms with Crippen LogP contribution in [-0.4, -0.2) is 36.3 Å². The maximum Gasteiger partial charge on any atom is 0.317 e. The molecular weight excluding hydrogens is 168 g/mol. The van der Waals surface area contributed by atoms with Crippen molar-refractivity contribution in [1.82, 2.24) is 10.2 Å². The zero-order valence-electron chi connectivity index (χ0n) is 8.01. The molecule has 0 bridgehead atoms. The van der Waals surface area contributed by atoms with Crippen LogP contribution in [0.5, 0.6) is 0 Å². The average Bonchev–Trinajstić information content (AvgIpc) is 2.14. The fourth-order valence-electron chi connectivity index (χ4n) is 1.36. The number of Topliss-reactive ketones (excluding diaryl/α,β-unsaturated/α-hetero) is 1. The van der Waals surface area contributed by atoms with Gasteiger partial charge in [-0.3, -0.25) is 4.79 Å². The standard InChI is InChI=1S/C9H16N2O2/c1-2-5-10-9(13)11-6-3-4-8(12)7-11/h2-7H2,1H3,(H,10,13). The summed E-state index contributed by atoms with van der Waals surface area (Å²) >= 11 is 0. The summed E-state index contributed by atoms with van der Waals surface area (Å²) in [5, 5.41) is 2.76. The van der Waals surface area contributed by atoms with Crippen molar-refractivity contribution in [1.29, 1.82) is 0 Å². The van der Waals surface area contributed by atoms with Gasteiger partial charge in [0.2, 0.25) is 0 Å². The molecule has 1 heterocycles. The molecule has 0 radical (unpaired) electrons. The third kappa shape index (κ3) is 3.05. The van der Waals surface area contributed by atoms with Crippen LogP contribution in [0.1, 0.15) is 26.2 Å². The summed E-state index contributed by atoms with van der Waals surface area (Å²) in [6.45, 7) is 3.68. The van der Waals surface area contributed by atoms with E-state index in [0.717, 1.165) is 12.8 Å². The van der Waals surface area contributed by atoms with E-state index in [-0.39, 0.29) is 18.4 Å². The van der Waals surface area contributed by atoms with E-state index in [9.17, 15) is 9.59 Å². The molecule has 1 aliphatic heterocycles. The Morgan fingerprint density at radius 2 is 2.38 bits per heavy atom. The summed E-state index contributed by atoms with van der Waals surface area (Å²) in [4.78, 5) is 24.0. The second kappa shape index (κ2) is 4.84. The smallest absolute Gasteiger partial charge is 0.317 e. The van der Waals surface area contributed by atoms with E-state index < -0.39 is 0 Å². The maximum absolute atomic E-state index is 11.4. The lowest BCUT2D eigenvalue weighted by atomic mass is 10.1. The van der Waals surface area contributed by atoms with Crippen LogP contribution in [0.25, 0.3) is 0 Å². The monoisotopic (exact) mass is 184 g/mol. The van der Waals surface area contributed by atoms with Crippen LogP contribution in [0.4, 0.5) is 4.79 Å². The Bertz CT molecular complexity index is 204. The van der Waals surface area contributed by atoms with Gasteiger partial charge in [-0.15, -0.1) is 0 Å². The van der Waals surface area contributed by atoms with Crippen molar-refractivity contribution in [2.45, 2.75) is 26.2 Å². The van der Waals surface area contributed by atoms with Crippen molar-refractivity contribution in [3.05, 3.63) is 0 Å². The molecule has 0 unspecified atom stereocenters. The van der Waals surface area contributed by atoms with Crippen LogP contribution in [0.2, 0.25) is 0 Å². The van der Waals surface area contributed by atoms with Crippen LogP contribution in [-0.2, 0) is 4.79 Å². The van der Waals surface area contributed by atoms with Crippen LogP contribution < -0.4 is 5.32 Å². The van der Waals surface area contributed by atoms with E-state index in [4.69, 9.17) is 0 Å². The Morgan fingerprint density at radius 1 is 1.62 bits per heavy atom. The van der Waals surface area contributed by atoms with Gasteiger partial charge in [-0.25, -0.2) is 4.79 Å². The van der Waals surface area contributed by atoms with Crippen LogP contribution >= 0.6 is 0 Å². The molecule has 0 aromatic heterocycles. The molecule has 0 spiro atoms. The van der Waals surface area contributed by atoms with Gasteiger partial charge in [0.15, 0.2) is 5.78 Å². The topological polar surface area (TPSA) is 49.4 Å². The van der Waals surface area contributed by atoms with Crippen LogP contribution in [0.3, 0.4) is 0 Å². The molecule has 1 aliphatic rings. The van der Waals surface area contributed by atoms with Crippen molar-refractivity contribution >= 4 is 11.8 Å². The first-order valence-electron chi connectivity index (χ1n) is 4.78. The summed E-state index contributed by atoms with van der Waals surface area (Å²) in [6, 6.07) is -0.102. The summed E-state index contributed by atoms with van der Waals surface area (Å²) < 4.78 is 0. The highest BCUT2D eigenvalue weighted by atomic mass is 16.2. The van der Waals surface area contributed by atoms with Gasteiger partial charge < -0.3 is 10.2 Å². The predicted molar refractivity (Wildman–Crippen MR) is 49.5 cm³/mol. The van der Waals surface area contributed by atoms with Crippen LogP contribution in [0.15, 0.2) is 0 Å². The average molecular weight is 184 g/mol. The molecule has 0 aromatic rings. The lowest BCUT2D eigenvalue weighted by Crippen LogP contribution is -2.45. The number of nitrogens with zero attached hydrogens (tertiary/aromatic N) is 1. The number of ketones is 1. The minimum absolute atomic E-state index is 0.102. The Hall–Kier alpha value is -1.06. The van der Waals surface area contributed by atoms with Gasteiger partial charge in [0, 0.05) is 19.5 Å². The zero-order chi connectivity index (χ0) is 9.68. The number of carbonyl (C=O) groups is 2. The summed E-state index contributed by atoms with van der Waals surface area (Å²) in [5.41, 5.74) is 0. The van der Waals surface area contributed by atoms with Crippen molar-refractivity contribution in [3.63, 3.8) is 0 Å². The van der Waals surface area contributed by atoms with E-state index >= 15 is 0 Å². The van der Waals surface area contributed by atoms with Gasteiger partial charge >= 0.3 is 6.03 Å². The highest BCUT2D eigenvalue weighted by molar-refractivity contribution is 5.86. The molecule has 0 saturated carbocycles.